The van der Waals surface area contributed by atoms with Gasteiger partial charge in [-0.05, 0) is 0 Å². The van der Waals surface area contributed by atoms with Gasteiger partial charge in [0.05, 0.1) is 0 Å². The molecule has 2 radical (unpaired) electrons. The van der Waals surface area contributed by atoms with E-state index in [9.17, 15) is 0 Å². The quantitative estimate of drug-likeness (QED) is 0.629. The first kappa shape index (κ1) is 7.40. The summed E-state index contributed by atoms with van der Waals surface area (Å²) in [6, 6.07) is 0. The number of hydrogen-bond donors (Lipinski definition) is 0. The van der Waals surface area contributed by atoms with Crippen molar-refractivity contribution in [2.75, 3.05) is 0 Å². The third-order valence-corrected chi connectivity index (χ3v) is 5.06. The summed E-state index contributed by atoms with van der Waals surface area (Å²) in [6.45, 7) is 0. The summed E-state index contributed by atoms with van der Waals surface area (Å²) in [5.41, 5.74) is 0. The van der Waals surface area contributed by atoms with E-state index in [-0.39, 0.29) is 0 Å². The van der Waals surface area contributed by atoms with E-state index in [2.05, 4.69) is 4.09 Å². The molecule has 9 heavy (non-hydrogen) atoms. The molecule has 1 aliphatic carbocycles. The second-order valence-corrected chi connectivity index (χ2v) is 6.38. The topological polar surface area (TPSA) is 23.8 Å². The van der Waals surface area contributed by atoms with Crippen LogP contribution in [0.4, 0.5) is 0 Å². The summed E-state index contributed by atoms with van der Waals surface area (Å²) in [7, 11) is 0. The van der Waals surface area contributed by atoms with Gasteiger partial charge >= 0.3 is 66.5 Å². The second-order valence-electron chi connectivity index (χ2n) is 2.59. The van der Waals surface area contributed by atoms with Crippen LogP contribution < -0.4 is 0 Å². The zero-order valence-corrected chi connectivity index (χ0v) is 8.41. The molecule has 0 bridgehead atoms. The van der Waals surface area contributed by atoms with E-state index in [4.69, 9.17) is 5.26 Å². The molecule has 0 heterocycles. The molecule has 0 aromatic heterocycles. The summed E-state index contributed by atoms with van der Waals surface area (Å²) < 4.78 is 3.32. The van der Waals surface area contributed by atoms with Gasteiger partial charge in [0.1, 0.15) is 0 Å². The van der Waals surface area contributed by atoms with Crippen molar-refractivity contribution in [3.63, 3.8) is 0 Å². The molecule has 1 fully saturated rings. The van der Waals surface area contributed by atoms with Crippen LogP contribution in [0.3, 0.4) is 0 Å². The molecular formula is C7H11NSn. The maximum atomic E-state index is 8.44. The third kappa shape index (κ3) is 2.57. The fraction of sp³-hybridized carbons (Fsp3) is 0.857. The van der Waals surface area contributed by atoms with Crippen molar-refractivity contribution in [1.82, 2.24) is 0 Å². The molecule has 0 aromatic rings. The summed E-state index contributed by atoms with van der Waals surface area (Å²) in [5.74, 6) is 0. The molecule has 1 saturated carbocycles. The normalized spacial score (nSPS) is 21.2. The van der Waals surface area contributed by atoms with Crippen molar-refractivity contribution in [3.05, 3.63) is 0 Å². The second kappa shape index (κ2) is 4.16. The Labute approximate surface area is 66.7 Å². The number of nitrogens with zero attached hydrogens (tertiary/aromatic N) is 1. The van der Waals surface area contributed by atoms with Crippen LogP contribution in [0.1, 0.15) is 32.1 Å². The zero-order chi connectivity index (χ0) is 6.53. The molecule has 0 saturated heterocycles. The van der Waals surface area contributed by atoms with E-state index in [0.717, 1.165) is 3.93 Å². The molecule has 2 heteroatoms. The molecule has 0 spiro atoms. The van der Waals surface area contributed by atoms with Gasteiger partial charge in [0.25, 0.3) is 0 Å². The van der Waals surface area contributed by atoms with Gasteiger partial charge in [0, 0.05) is 0 Å². The average Bonchev–Trinajstić information content (AvgIpc) is 1.91. The number of hydrogen-bond acceptors (Lipinski definition) is 1. The minimum atomic E-state index is -0.567. The molecule has 0 unspecified atom stereocenters. The van der Waals surface area contributed by atoms with Crippen molar-refractivity contribution in [2.24, 2.45) is 0 Å². The number of rotatable bonds is 1. The zero-order valence-electron chi connectivity index (χ0n) is 5.56. The van der Waals surface area contributed by atoms with Crippen molar-refractivity contribution in [1.29, 1.82) is 5.26 Å². The predicted molar refractivity (Wildman–Crippen MR) is 38.2 cm³/mol. The number of nitriles is 1. The molecule has 0 N–H and O–H groups in total. The first-order valence-corrected chi connectivity index (χ1v) is 6.65. The van der Waals surface area contributed by atoms with Gasteiger partial charge in [-0.25, -0.2) is 0 Å². The van der Waals surface area contributed by atoms with Crippen LogP contribution in [0.15, 0.2) is 0 Å². The van der Waals surface area contributed by atoms with Crippen LogP contribution in [0.2, 0.25) is 3.93 Å². The van der Waals surface area contributed by atoms with Crippen LogP contribution in [0.5, 0.6) is 0 Å². The van der Waals surface area contributed by atoms with Gasteiger partial charge in [-0.2, -0.15) is 0 Å². The first-order valence-electron chi connectivity index (χ1n) is 3.58. The van der Waals surface area contributed by atoms with Gasteiger partial charge in [0.15, 0.2) is 0 Å². The Morgan fingerprint density at radius 1 is 1.22 bits per heavy atom. The molecule has 1 nitrogen and oxygen atoms in total. The van der Waals surface area contributed by atoms with E-state index in [1.165, 1.54) is 32.1 Å². The Morgan fingerprint density at radius 3 is 2.44 bits per heavy atom. The van der Waals surface area contributed by atoms with Crippen molar-refractivity contribution < 1.29 is 0 Å². The van der Waals surface area contributed by atoms with Crippen LogP contribution in [-0.4, -0.2) is 21.1 Å². The Morgan fingerprint density at radius 2 is 1.89 bits per heavy atom. The first-order chi connectivity index (χ1) is 4.43. The van der Waals surface area contributed by atoms with Crippen molar-refractivity contribution in [2.45, 2.75) is 36.0 Å². The fourth-order valence-electron chi connectivity index (χ4n) is 1.34. The molecule has 0 aliphatic heterocycles. The van der Waals surface area contributed by atoms with Gasteiger partial charge in [0.2, 0.25) is 0 Å². The van der Waals surface area contributed by atoms with E-state index in [1.807, 2.05) is 0 Å². The van der Waals surface area contributed by atoms with Gasteiger partial charge < -0.3 is 0 Å². The summed E-state index contributed by atoms with van der Waals surface area (Å²) in [5, 5.41) is 8.44. The molecule has 0 amide bonds. The van der Waals surface area contributed by atoms with Crippen LogP contribution in [-0.2, 0) is 0 Å². The summed E-state index contributed by atoms with van der Waals surface area (Å²) in [6.07, 6.45) is 6.96. The monoisotopic (exact) mass is 229 g/mol. The minimum absolute atomic E-state index is 0.567. The summed E-state index contributed by atoms with van der Waals surface area (Å²) >= 11 is -0.567. The Kier molecular flexibility index (Phi) is 3.42. The predicted octanol–water partition coefficient (Wildman–Crippen LogP) is 1.92. The Bertz CT molecular complexity index is 111. The van der Waals surface area contributed by atoms with Crippen LogP contribution in [0.25, 0.3) is 0 Å². The van der Waals surface area contributed by atoms with Crippen LogP contribution in [0, 0.1) is 9.35 Å². The van der Waals surface area contributed by atoms with Crippen molar-refractivity contribution in [3.8, 4) is 4.09 Å². The van der Waals surface area contributed by atoms with E-state index in [0.29, 0.717) is 0 Å². The van der Waals surface area contributed by atoms with Crippen molar-refractivity contribution >= 4 is 21.1 Å². The molecule has 1 aliphatic rings. The standard InChI is InChI=1S/C6H11.CN.Sn/c1-2-4-6-5-3-1;1-2;/h1H,2-6H2;;. The summed E-state index contributed by atoms with van der Waals surface area (Å²) in [4.78, 5) is 0. The van der Waals surface area contributed by atoms with Gasteiger partial charge in [-0.15, -0.1) is 0 Å². The Balaban J connectivity index is 2.17. The van der Waals surface area contributed by atoms with Crippen LogP contribution >= 0.6 is 0 Å². The molecule has 48 valence electrons. The average molecular weight is 228 g/mol. The van der Waals surface area contributed by atoms with Gasteiger partial charge in [-0.3, -0.25) is 0 Å². The maximum absolute atomic E-state index is 8.44. The molecule has 0 aromatic carbocycles. The molecule has 1 rings (SSSR count). The Hall–Kier alpha value is 0.289. The molecular weight excluding hydrogens is 217 g/mol. The molecule has 0 atom stereocenters. The van der Waals surface area contributed by atoms with E-state index in [1.54, 1.807) is 0 Å². The van der Waals surface area contributed by atoms with E-state index < -0.39 is 21.1 Å². The van der Waals surface area contributed by atoms with Gasteiger partial charge in [-0.1, -0.05) is 0 Å². The third-order valence-electron chi connectivity index (χ3n) is 1.87. The fourth-order valence-corrected chi connectivity index (χ4v) is 3.85. The van der Waals surface area contributed by atoms with E-state index >= 15 is 0 Å². The SMILES string of the molecule is N#[C][Sn][CH]1CCCCC1.